The Morgan fingerprint density at radius 1 is 0.600 bits per heavy atom. The number of nitrogens with two attached hydrogens (primary N) is 2. The van der Waals surface area contributed by atoms with E-state index in [4.69, 9.17) is 113 Å². The number of Topliss-reactive ketones (excluding diaryl/α,β-unsaturated/α-hetero) is 1. The van der Waals surface area contributed by atoms with Gasteiger partial charge in [0.2, 0.25) is 5.91 Å². The summed E-state index contributed by atoms with van der Waals surface area (Å²) in [6.07, 6.45) is 12.5. The summed E-state index contributed by atoms with van der Waals surface area (Å²) < 4.78 is 150. The zero-order valence-electron chi connectivity index (χ0n) is 74.4. The molecule has 130 heavy (non-hydrogen) atoms. The number of hydrogen-bond donors (Lipinski definition) is 8. The Morgan fingerprint density at radius 3 is 1.25 bits per heavy atom. The number of nitrogen functional groups attached to an aromatic ring is 1. The van der Waals surface area contributed by atoms with Crippen molar-refractivity contribution in [3.05, 3.63) is 261 Å². The number of ketones is 1. The number of hydrogen-bond acceptors (Lipinski definition) is 22. The molecule has 4 heterocycles. The molecule has 0 fully saturated rings. The molecule has 10 rings (SSSR count). The number of nitrogens with one attached hydrogen (secondary N) is 3. The van der Waals surface area contributed by atoms with Gasteiger partial charge in [-0.1, -0.05) is 75.6 Å². The number of nitro benzene ring substituents is 1. The van der Waals surface area contributed by atoms with Crippen LogP contribution < -0.4 is 27.7 Å². The van der Waals surface area contributed by atoms with E-state index >= 15 is 0 Å². The Labute approximate surface area is 783 Å². The smallest absolute Gasteiger partial charge is 0.478 e. The summed E-state index contributed by atoms with van der Waals surface area (Å²) in [5, 5.41) is 27.0. The third-order valence-corrected chi connectivity index (χ3v) is 19.9. The summed E-state index contributed by atoms with van der Waals surface area (Å²) in [6, 6.07) is 17.8. The molecular weight excluding hydrogens is 1920 g/mol. The number of rotatable bonds is 13. The molecule has 0 atom stereocenters. The van der Waals surface area contributed by atoms with Gasteiger partial charge in [0.05, 0.1) is 80.6 Å². The van der Waals surface area contributed by atoms with Gasteiger partial charge in [-0.15, -0.1) is 6.42 Å². The number of aryl methyl sites for hydroxylation is 8. The van der Waals surface area contributed by atoms with Crippen molar-refractivity contribution in [2.45, 2.75) is 135 Å². The topological polar surface area (TPSA) is 482 Å². The molecule has 704 valence electrons. The third kappa shape index (κ3) is 35.2. The van der Waals surface area contributed by atoms with Crippen molar-refractivity contribution in [3.63, 3.8) is 0 Å². The van der Waals surface area contributed by atoms with Crippen molar-refractivity contribution < 1.29 is 135 Å². The van der Waals surface area contributed by atoms with Gasteiger partial charge in [0.1, 0.15) is 17.5 Å². The first-order chi connectivity index (χ1) is 59.9. The number of allylic oxidation sites excluding steroid dienone is 3. The number of anilines is 1. The fraction of sp³-hybridized carbons (Fsp3) is 0.313. The molecule has 1 aliphatic rings. The number of aromatic nitrogens is 7. The minimum Gasteiger partial charge on any atom is -0.478 e. The number of nitro groups is 1. The SMILES string of the molecule is C#CCNC(C)=O.CC1=CC(C)=C(CNC(=O)c2cc(Cl)cc(-n3c(C)cnc3C)c2C)C(=O)C1.COC(=O)c1cc(Cl)cc(-n2c(C)cnc2C)c1C.COC(=O)c1cc(Cl)cc(N)c1C.COC(=O)c1cc(Cl)cc([N+](=O)[O-])c1C.Cc1c(C(=O)O)cc(Cl)cc1-n1c(C)cnc1C.Cc1cc(C)c(CN)c(=O)[nH]1.O=S(=O)(O)C(F)(F)F.O=S(=O)(O)C(F)(F)F.[2H]CF.[Zn]. The summed E-state index contributed by atoms with van der Waals surface area (Å²) >= 11 is 29.8. The van der Waals surface area contributed by atoms with E-state index in [-0.39, 0.29) is 76.6 Å². The third-order valence-electron chi connectivity index (χ3n) is 17.6. The molecule has 0 bridgehead atoms. The number of H-pyrrole nitrogens is 1. The number of benzene rings is 5. The number of amides is 2. The van der Waals surface area contributed by atoms with Gasteiger partial charge in [-0.25, -0.2) is 34.1 Å². The van der Waals surface area contributed by atoms with Crippen LogP contribution in [0.25, 0.3) is 17.1 Å². The van der Waals surface area contributed by atoms with Crippen LogP contribution >= 0.6 is 58.0 Å². The van der Waals surface area contributed by atoms with Gasteiger partial charge in [0.25, 0.3) is 17.2 Å². The second-order valence-corrected chi connectivity index (χ2v) is 32.0. The summed E-state index contributed by atoms with van der Waals surface area (Å²) in [4.78, 5) is 117. The molecular formula is C83H94Cl5F7N12O20S2Zn. The number of methoxy groups -OCH3 is 3. The van der Waals surface area contributed by atoms with Crippen LogP contribution in [0, 0.1) is 112 Å². The number of carboxylic acid groups (broad SMARTS) is 1. The Bertz CT molecular complexity index is 5980. The van der Waals surface area contributed by atoms with Crippen molar-refractivity contribution in [1.82, 2.24) is 44.3 Å². The van der Waals surface area contributed by atoms with Crippen LogP contribution in [0.5, 0.6) is 0 Å². The number of alkyl halides is 7. The van der Waals surface area contributed by atoms with Gasteiger partial charge in [-0.05, 0) is 198 Å². The van der Waals surface area contributed by atoms with Gasteiger partial charge < -0.3 is 60.1 Å². The van der Waals surface area contributed by atoms with Crippen molar-refractivity contribution in [1.29, 1.82) is 0 Å². The fourth-order valence-electron chi connectivity index (χ4n) is 11.3. The molecule has 47 heteroatoms. The maximum atomic E-state index is 12.9. The first-order valence-electron chi connectivity index (χ1n) is 37.2. The maximum absolute atomic E-state index is 12.9. The molecule has 32 nitrogen and oxygen atoms in total. The van der Waals surface area contributed by atoms with Gasteiger partial charge in [-0.3, -0.25) is 42.8 Å². The van der Waals surface area contributed by atoms with Crippen LogP contribution in [0.1, 0.15) is 160 Å². The molecule has 0 spiro atoms. The molecule has 2 amide bonds. The number of imidazole rings is 3. The van der Waals surface area contributed by atoms with E-state index in [2.05, 4.69) is 46.0 Å². The second-order valence-electron chi connectivity index (χ2n) is 27.0. The quantitative estimate of drug-likeness (QED) is 0.00508. The number of carbonyl (C=O) groups excluding carboxylic acids is 6. The summed E-state index contributed by atoms with van der Waals surface area (Å²) in [6.45, 7) is 30.1. The fourth-order valence-corrected chi connectivity index (χ4v) is 12.4. The van der Waals surface area contributed by atoms with Crippen molar-refractivity contribution in [2.75, 3.05) is 47.3 Å². The second kappa shape index (κ2) is 53.2. The molecule has 4 aromatic heterocycles. The standard InChI is InChI=1S/C22H24ClN3O2.C14H15ClN2O2.C13H13ClN2O2.C9H8ClNO4.C9H10ClNO2.C8H12N2O.C5H7NO.2CHF3O3S.CH3F.Zn/c1-12-6-13(2)19(21(27)7-12)11-25-22(28)18-8-17(23)9-20(15(18)4)26-14(3)10-24-16(26)5;1-8-7-16-10(3)17(8)13-6-11(15)5-12(9(13)2)14(18)19-4;1-7-6-15-9(3)16(7)12-5-10(14)4-11(8(12)2)13(17)18;1-5-7(9(12)15-2)3-6(10)4-8(5)11(13)14;1-5-7(9(12)13-2)3-6(10)4-8(5)11;1-5-3-6(2)10-8(11)7(5)4-9;1-3-4-6-5(2)7;2*2-1(3,4)8(5,6)7;1-2;/h6,8-10H,7,11H2,1-5H3,(H,25,28);5-7H,1-4H3;4-6H,1-3H3,(H,17,18);3-4H,1-2H3;3-4H,11H2,1-2H3;3H,4,9H2,1-2H3,(H,10,11);1H,4H2,2H3,(H,6,7);2*(H,5,6,7);1H3;/i;;;;;;;;;1D;. The van der Waals surface area contributed by atoms with Crippen LogP contribution in [-0.4, -0.2) is 164 Å². The first kappa shape index (κ1) is 117. The number of halogens is 12. The molecule has 5 aromatic carbocycles. The number of carbonyl (C=O) groups is 7. The monoisotopic (exact) mass is 2020 g/mol. The van der Waals surface area contributed by atoms with Crippen LogP contribution in [0.3, 0.4) is 0 Å². The Hall–Kier alpha value is -11.2. The molecule has 0 radical (unpaired) electrons. The van der Waals surface area contributed by atoms with Crippen LogP contribution in [0.15, 0.2) is 113 Å². The average Bonchev–Trinajstić information content (AvgIpc) is 1.79. The van der Waals surface area contributed by atoms with E-state index in [1.54, 1.807) is 62.8 Å². The zero-order valence-corrected chi connectivity index (χ0v) is 81.8. The van der Waals surface area contributed by atoms with Gasteiger partial charge >= 0.3 is 55.1 Å². The minimum atomic E-state index is -5.84. The van der Waals surface area contributed by atoms with Crippen LogP contribution in [0.4, 0.5) is 42.1 Å². The normalized spacial score (nSPS) is 11.3. The van der Waals surface area contributed by atoms with Crippen LogP contribution in [0.2, 0.25) is 25.1 Å². The number of carboxylic acids is 1. The van der Waals surface area contributed by atoms with Crippen molar-refractivity contribution >= 4 is 131 Å². The van der Waals surface area contributed by atoms with E-state index in [1.165, 1.54) is 53.4 Å². The Balaban J connectivity index is 0.00000149. The average molecular weight is 2020 g/mol. The number of nitrogens with zero attached hydrogens (tertiary/aromatic N) is 7. The molecule has 10 N–H and O–H groups in total. The van der Waals surface area contributed by atoms with Gasteiger partial charge in [0.15, 0.2) is 5.78 Å². The first-order valence-corrected chi connectivity index (χ1v) is 41.3. The van der Waals surface area contributed by atoms with Gasteiger partial charge in [-0.2, -0.15) is 43.2 Å². The Morgan fingerprint density at radius 2 is 0.938 bits per heavy atom. The Kier molecular flexibility index (Phi) is 47.8. The summed E-state index contributed by atoms with van der Waals surface area (Å²) in [7, 11) is -8.80. The van der Waals surface area contributed by atoms with E-state index in [9.17, 15) is 79.2 Å². The summed E-state index contributed by atoms with van der Waals surface area (Å²) in [5.41, 5.74) is 15.5. The van der Waals surface area contributed by atoms with E-state index in [0.29, 0.717) is 84.2 Å². The molecule has 9 aromatic rings. The van der Waals surface area contributed by atoms with Crippen molar-refractivity contribution in [2.24, 2.45) is 5.73 Å². The van der Waals surface area contributed by atoms with E-state index < -0.39 is 67.2 Å². The van der Waals surface area contributed by atoms with E-state index in [1.807, 2.05) is 121 Å². The number of pyridine rings is 1. The predicted molar refractivity (Wildman–Crippen MR) is 475 cm³/mol. The molecule has 0 aliphatic heterocycles. The van der Waals surface area contributed by atoms with Crippen LogP contribution in [-0.2, 0) is 70.1 Å². The molecule has 0 saturated heterocycles. The number of esters is 3. The largest absolute Gasteiger partial charge is 0.522 e. The number of ether oxygens (including phenoxy) is 3. The molecule has 1 aliphatic carbocycles. The molecule has 0 saturated carbocycles. The number of terminal acetylenes is 1. The van der Waals surface area contributed by atoms with Crippen molar-refractivity contribution in [3.8, 4) is 29.4 Å². The van der Waals surface area contributed by atoms with Gasteiger partial charge in [0, 0.05) is 146 Å². The minimum absolute atomic E-state index is 0. The van der Waals surface area contributed by atoms with E-state index in [0.717, 1.165) is 85.1 Å². The number of aromatic amines is 1. The number of aromatic carboxylic acids is 1. The molecule has 0 unspecified atom stereocenters. The predicted octanol–water partition coefficient (Wildman–Crippen LogP) is 16.7. The maximum Gasteiger partial charge on any atom is 0.522 e. The zero-order chi connectivity index (χ0) is 101. The summed E-state index contributed by atoms with van der Waals surface area (Å²) in [5.74, 6) is 2.02.